The minimum Gasteiger partial charge on any atom is -0.383 e. The van der Waals surface area contributed by atoms with Gasteiger partial charge in [0, 0.05) is 5.56 Å². The number of anilines is 1. The van der Waals surface area contributed by atoms with Crippen LogP contribution >= 0.6 is 0 Å². The van der Waals surface area contributed by atoms with E-state index in [0.29, 0.717) is 12.0 Å². The Labute approximate surface area is 104 Å². The van der Waals surface area contributed by atoms with Gasteiger partial charge in [0.25, 0.3) is 0 Å². The Bertz CT molecular complexity index is 550. The normalized spacial score (nSPS) is 10.6. The van der Waals surface area contributed by atoms with Gasteiger partial charge in [0.05, 0.1) is 11.3 Å². The average Bonchev–Trinajstić information content (AvgIpc) is 2.33. The fourth-order valence-corrected chi connectivity index (χ4v) is 1.86. The van der Waals surface area contributed by atoms with Crippen molar-refractivity contribution in [3.8, 4) is 11.3 Å². The van der Waals surface area contributed by atoms with Crippen LogP contribution in [0.4, 0.5) is 14.6 Å². The Morgan fingerprint density at radius 2 is 1.83 bits per heavy atom. The van der Waals surface area contributed by atoms with Crippen LogP contribution in [0.25, 0.3) is 11.3 Å². The number of halogens is 2. The van der Waals surface area contributed by atoms with Gasteiger partial charge in [0.1, 0.15) is 23.8 Å². The molecule has 0 unspecified atom stereocenters. The van der Waals surface area contributed by atoms with E-state index in [0.717, 1.165) is 6.42 Å². The maximum atomic E-state index is 13.7. The van der Waals surface area contributed by atoms with Crippen molar-refractivity contribution in [2.24, 2.45) is 0 Å². The summed E-state index contributed by atoms with van der Waals surface area (Å²) >= 11 is 0. The topological polar surface area (TPSA) is 51.8 Å². The first-order valence-corrected chi connectivity index (χ1v) is 5.68. The second kappa shape index (κ2) is 5.08. The van der Waals surface area contributed by atoms with E-state index in [-0.39, 0.29) is 17.1 Å². The highest BCUT2D eigenvalue weighted by atomic mass is 19.1. The summed E-state index contributed by atoms with van der Waals surface area (Å²) in [4.78, 5) is 7.84. The highest BCUT2D eigenvalue weighted by molar-refractivity contribution is 5.68. The van der Waals surface area contributed by atoms with Crippen LogP contribution in [0.5, 0.6) is 0 Å². The lowest BCUT2D eigenvalue weighted by Crippen LogP contribution is -2.04. The van der Waals surface area contributed by atoms with Crippen molar-refractivity contribution in [2.45, 2.75) is 19.8 Å². The molecule has 0 amide bonds. The highest BCUT2D eigenvalue weighted by Crippen LogP contribution is 2.29. The molecule has 0 saturated heterocycles. The first-order valence-electron chi connectivity index (χ1n) is 5.68. The SMILES string of the molecule is CCCc1c(N)ncnc1-c1c(F)cccc1F. The van der Waals surface area contributed by atoms with Crippen LogP contribution in [0.15, 0.2) is 24.5 Å². The zero-order chi connectivity index (χ0) is 13.1. The van der Waals surface area contributed by atoms with Crippen molar-refractivity contribution in [3.05, 3.63) is 41.7 Å². The van der Waals surface area contributed by atoms with Crippen LogP contribution in [0, 0.1) is 11.6 Å². The van der Waals surface area contributed by atoms with Gasteiger partial charge in [-0.15, -0.1) is 0 Å². The molecule has 18 heavy (non-hydrogen) atoms. The number of nitrogen functional groups attached to an aromatic ring is 1. The number of benzene rings is 1. The Morgan fingerprint density at radius 3 is 2.44 bits per heavy atom. The Hall–Kier alpha value is -2.04. The van der Waals surface area contributed by atoms with Gasteiger partial charge in [0.15, 0.2) is 0 Å². The summed E-state index contributed by atoms with van der Waals surface area (Å²) in [6, 6.07) is 3.72. The predicted molar refractivity (Wildman–Crippen MR) is 65.8 cm³/mol. The minimum absolute atomic E-state index is 0.143. The molecule has 0 aliphatic rings. The summed E-state index contributed by atoms with van der Waals surface area (Å²) in [6.07, 6.45) is 2.59. The van der Waals surface area contributed by atoms with Gasteiger partial charge in [-0.05, 0) is 18.6 Å². The van der Waals surface area contributed by atoms with Crippen LogP contribution < -0.4 is 5.73 Å². The zero-order valence-electron chi connectivity index (χ0n) is 9.95. The van der Waals surface area contributed by atoms with Gasteiger partial charge in [0.2, 0.25) is 0 Å². The number of aromatic nitrogens is 2. The van der Waals surface area contributed by atoms with Crippen molar-refractivity contribution in [1.82, 2.24) is 9.97 Å². The highest BCUT2D eigenvalue weighted by Gasteiger charge is 2.17. The first kappa shape index (κ1) is 12.4. The molecule has 2 N–H and O–H groups in total. The third-order valence-corrected chi connectivity index (χ3v) is 2.68. The van der Waals surface area contributed by atoms with Crippen LogP contribution in [0.2, 0.25) is 0 Å². The second-order valence-electron chi connectivity index (χ2n) is 3.93. The van der Waals surface area contributed by atoms with E-state index in [1.165, 1.54) is 24.5 Å². The molecule has 1 aromatic carbocycles. The predicted octanol–water partition coefficient (Wildman–Crippen LogP) is 2.96. The summed E-state index contributed by atoms with van der Waals surface area (Å²) in [5, 5.41) is 0. The number of hydrogen-bond donors (Lipinski definition) is 1. The molecule has 94 valence electrons. The van der Waals surface area contributed by atoms with Gasteiger partial charge in [-0.2, -0.15) is 0 Å². The first-order chi connectivity index (χ1) is 8.65. The number of rotatable bonds is 3. The molecule has 0 fully saturated rings. The quantitative estimate of drug-likeness (QED) is 0.909. The smallest absolute Gasteiger partial charge is 0.135 e. The van der Waals surface area contributed by atoms with E-state index in [1.54, 1.807) is 0 Å². The van der Waals surface area contributed by atoms with E-state index in [9.17, 15) is 8.78 Å². The van der Waals surface area contributed by atoms with Gasteiger partial charge in [-0.3, -0.25) is 0 Å². The lowest BCUT2D eigenvalue weighted by atomic mass is 10.0. The van der Waals surface area contributed by atoms with Crippen LogP contribution in [0.3, 0.4) is 0 Å². The third-order valence-electron chi connectivity index (χ3n) is 2.68. The molecule has 0 spiro atoms. The summed E-state index contributed by atoms with van der Waals surface area (Å²) in [7, 11) is 0. The fourth-order valence-electron chi connectivity index (χ4n) is 1.86. The second-order valence-corrected chi connectivity index (χ2v) is 3.93. The lowest BCUT2D eigenvalue weighted by molar-refractivity contribution is 0.588. The molecule has 3 nitrogen and oxygen atoms in total. The summed E-state index contributed by atoms with van der Waals surface area (Å²) in [6.45, 7) is 1.95. The molecule has 0 atom stereocenters. The number of nitrogens with two attached hydrogens (primary N) is 1. The Balaban J connectivity index is 2.67. The number of hydrogen-bond acceptors (Lipinski definition) is 3. The Kier molecular flexibility index (Phi) is 3.50. The maximum absolute atomic E-state index is 13.7. The van der Waals surface area contributed by atoms with Gasteiger partial charge in [-0.25, -0.2) is 18.7 Å². The van der Waals surface area contributed by atoms with Crippen molar-refractivity contribution >= 4 is 5.82 Å². The van der Waals surface area contributed by atoms with E-state index < -0.39 is 11.6 Å². The van der Waals surface area contributed by atoms with Gasteiger partial charge >= 0.3 is 0 Å². The molecule has 0 saturated carbocycles. The van der Waals surface area contributed by atoms with Crippen molar-refractivity contribution in [1.29, 1.82) is 0 Å². The fraction of sp³-hybridized carbons (Fsp3) is 0.231. The summed E-state index contributed by atoms with van der Waals surface area (Å²) < 4.78 is 27.5. The third kappa shape index (κ3) is 2.16. The Morgan fingerprint density at radius 1 is 1.17 bits per heavy atom. The van der Waals surface area contributed by atoms with Crippen LogP contribution in [0.1, 0.15) is 18.9 Å². The molecule has 0 aliphatic heterocycles. The minimum atomic E-state index is -0.648. The van der Waals surface area contributed by atoms with Crippen molar-refractivity contribution < 1.29 is 8.78 Å². The lowest BCUT2D eigenvalue weighted by Gasteiger charge is -2.11. The molecule has 2 aromatic rings. The van der Waals surface area contributed by atoms with E-state index >= 15 is 0 Å². The van der Waals surface area contributed by atoms with Crippen LogP contribution in [-0.2, 0) is 6.42 Å². The molecular formula is C13H13F2N3. The summed E-state index contributed by atoms with van der Waals surface area (Å²) in [5.74, 6) is -1.03. The summed E-state index contributed by atoms with van der Waals surface area (Å²) in [5.41, 5.74) is 6.43. The van der Waals surface area contributed by atoms with Gasteiger partial charge < -0.3 is 5.73 Å². The monoisotopic (exact) mass is 249 g/mol. The molecule has 0 radical (unpaired) electrons. The van der Waals surface area contributed by atoms with Crippen molar-refractivity contribution in [2.75, 3.05) is 5.73 Å². The van der Waals surface area contributed by atoms with E-state index in [4.69, 9.17) is 5.73 Å². The number of nitrogens with zero attached hydrogens (tertiary/aromatic N) is 2. The van der Waals surface area contributed by atoms with Crippen LogP contribution in [-0.4, -0.2) is 9.97 Å². The molecule has 1 aromatic heterocycles. The average molecular weight is 249 g/mol. The van der Waals surface area contributed by atoms with Gasteiger partial charge in [-0.1, -0.05) is 19.4 Å². The molecular weight excluding hydrogens is 236 g/mol. The zero-order valence-corrected chi connectivity index (χ0v) is 9.95. The molecule has 0 aliphatic carbocycles. The van der Waals surface area contributed by atoms with E-state index in [2.05, 4.69) is 9.97 Å². The standard InChI is InChI=1S/C13H13F2N3/c1-2-4-8-12(17-7-18-13(8)16)11-9(14)5-3-6-10(11)15/h3,5-7H,2,4H2,1H3,(H2,16,17,18). The molecule has 0 bridgehead atoms. The van der Waals surface area contributed by atoms with Crippen molar-refractivity contribution in [3.63, 3.8) is 0 Å². The largest absolute Gasteiger partial charge is 0.383 e. The maximum Gasteiger partial charge on any atom is 0.135 e. The molecule has 5 heteroatoms. The molecule has 1 heterocycles. The van der Waals surface area contributed by atoms with E-state index in [1.807, 2.05) is 6.92 Å². The molecule has 2 rings (SSSR count).